The number of para-hydroxylation sites is 1. The third-order valence-electron chi connectivity index (χ3n) is 5.16. The highest BCUT2D eigenvalue weighted by Gasteiger charge is 2.57. The largest absolute Gasteiger partial charge is 0.394 e. The summed E-state index contributed by atoms with van der Waals surface area (Å²) in [6, 6.07) is 10.7. The van der Waals surface area contributed by atoms with E-state index in [-0.39, 0.29) is 6.42 Å². The molecule has 2 heterocycles. The van der Waals surface area contributed by atoms with Gasteiger partial charge in [-0.05, 0) is 44.4 Å². The number of halogens is 3. The highest BCUT2D eigenvalue weighted by Crippen LogP contribution is 2.51. The molecule has 1 N–H and O–H groups in total. The predicted molar refractivity (Wildman–Crippen MR) is 89.1 cm³/mol. The number of nitrogens with one attached hydrogen (secondary N) is 1. The summed E-state index contributed by atoms with van der Waals surface area (Å²) in [5.74, 6) is -1.54. The number of rotatable bonds is 3. The van der Waals surface area contributed by atoms with E-state index in [1.165, 1.54) is 6.20 Å². The number of hydrogen-bond acceptors (Lipinski definition) is 3. The van der Waals surface area contributed by atoms with Gasteiger partial charge in [-0.25, -0.2) is 0 Å². The zero-order valence-corrected chi connectivity index (χ0v) is 14.3. The molecule has 1 aliphatic heterocycles. The van der Waals surface area contributed by atoms with Crippen LogP contribution in [0.2, 0.25) is 0 Å². The molecule has 1 fully saturated rings. The number of aromatic amines is 1. The van der Waals surface area contributed by atoms with Crippen molar-refractivity contribution in [2.75, 3.05) is 12.0 Å². The van der Waals surface area contributed by atoms with Gasteiger partial charge in [0.25, 0.3) is 0 Å². The normalized spacial score (nSPS) is 28.0. The van der Waals surface area contributed by atoms with Crippen molar-refractivity contribution >= 4 is 5.69 Å². The molecule has 0 bridgehead atoms. The second-order valence-corrected chi connectivity index (χ2v) is 6.54. The Morgan fingerprint density at radius 2 is 1.92 bits per heavy atom. The van der Waals surface area contributed by atoms with E-state index in [0.29, 0.717) is 24.2 Å². The van der Waals surface area contributed by atoms with Gasteiger partial charge >= 0.3 is 6.18 Å². The van der Waals surface area contributed by atoms with Crippen LogP contribution in [0.15, 0.2) is 42.6 Å². The van der Waals surface area contributed by atoms with E-state index in [2.05, 4.69) is 10.2 Å². The Bertz CT molecular complexity index is 675. The van der Waals surface area contributed by atoms with Crippen LogP contribution in [0.1, 0.15) is 31.9 Å². The molecule has 0 radical (unpaired) electrons. The summed E-state index contributed by atoms with van der Waals surface area (Å²) in [7, 11) is 1.54. The second kappa shape index (κ2) is 6.71. The van der Waals surface area contributed by atoms with Crippen molar-refractivity contribution in [2.24, 2.45) is 5.92 Å². The maximum Gasteiger partial charge on any atom is 0.394 e. The van der Waals surface area contributed by atoms with Gasteiger partial charge < -0.3 is 9.64 Å². The predicted octanol–water partition coefficient (Wildman–Crippen LogP) is 4.47. The number of anilines is 1. The molecule has 1 aliphatic rings. The molecule has 0 spiro atoms. The molecule has 3 unspecified atom stereocenters. The number of nitrogens with zero attached hydrogens (tertiary/aromatic N) is 2. The molecule has 1 saturated heterocycles. The van der Waals surface area contributed by atoms with E-state index >= 15 is 0 Å². The lowest BCUT2D eigenvalue weighted by atomic mass is 9.78. The maximum absolute atomic E-state index is 14.0. The van der Waals surface area contributed by atoms with Crippen molar-refractivity contribution in [3.63, 3.8) is 0 Å². The summed E-state index contributed by atoms with van der Waals surface area (Å²) >= 11 is 0. The number of aromatic nitrogens is 2. The van der Waals surface area contributed by atoms with Crippen LogP contribution < -0.4 is 4.90 Å². The van der Waals surface area contributed by atoms with Crippen LogP contribution >= 0.6 is 0 Å². The molecule has 1 aromatic carbocycles. The summed E-state index contributed by atoms with van der Waals surface area (Å²) < 4.78 is 47.7. The van der Waals surface area contributed by atoms with E-state index in [9.17, 15) is 13.2 Å². The van der Waals surface area contributed by atoms with E-state index < -0.39 is 23.9 Å². The lowest BCUT2D eigenvalue weighted by molar-refractivity contribution is -0.195. The fourth-order valence-electron chi connectivity index (χ4n) is 3.96. The summed E-state index contributed by atoms with van der Waals surface area (Å²) in [4.78, 5) is 1.76. The molecule has 1 aromatic heterocycles. The zero-order chi connectivity index (χ0) is 18.1. The first-order valence-corrected chi connectivity index (χ1v) is 8.32. The number of methoxy groups -OCH3 is 1. The van der Waals surface area contributed by atoms with Gasteiger partial charge in [0.1, 0.15) is 6.23 Å². The standard InChI is InChI=1S/C18H22F3N3O/c1-17(15-11-12-22-23-15)14(18(19,20)21)9-6-10-16(25-2)24(17)13-7-4-3-5-8-13/h3-5,7-8,11-12,14,16H,6,9-10H2,1-2H3,(H,22,23). The zero-order valence-electron chi connectivity index (χ0n) is 14.3. The average molecular weight is 353 g/mol. The van der Waals surface area contributed by atoms with Crippen LogP contribution in [-0.4, -0.2) is 29.7 Å². The number of ether oxygens (including phenoxy) is 1. The molecule has 4 nitrogen and oxygen atoms in total. The minimum Gasteiger partial charge on any atom is -0.362 e. The van der Waals surface area contributed by atoms with Crippen molar-refractivity contribution in [1.82, 2.24) is 10.2 Å². The highest BCUT2D eigenvalue weighted by atomic mass is 19.4. The molecule has 0 saturated carbocycles. The number of hydrogen-bond donors (Lipinski definition) is 1. The van der Waals surface area contributed by atoms with E-state index in [4.69, 9.17) is 4.74 Å². The second-order valence-electron chi connectivity index (χ2n) is 6.54. The fourth-order valence-corrected chi connectivity index (χ4v) is 3.96. The number of benzene rings is 1. The Morgan fingerprint density at radius 3 is 2.48 bits per heavy atom. The molecule has 0 aliphatic carbocycles. The first kappa shape index (κ1) is 17.8. The SMILES string of the molecule is COC1CCCC(C(F)(F)F)C(C)(c2ccn[nH]2)N1c1ccccc1. The highest BCUT2D eigenvalue weighted by molar-refractivity contribution is 5.51. The molecular weight excluding hydrogens is 331 g/mol. The smallest absolute Gasteiger partial charge is 0.362 e. The van der Waals surface area contributed by atoms with Gasteiger partial charge in [0, 0.05) is 19.0 Å². The van der Waals surface area contributed by atoms with Gasteiger partial charge in [-0.2, -0.15) is 18.3 Å². The summed E-state index contributed by atoms with van der Waals surface area (Å²) in [6.07, 6.45) is -2.29. The first-order chi connectivity index (χ1) is 11.9. The molecule has 0 amide bonds. The lowest BCUT2D eigenvalue weighted by Crippen LogP contribution is -2.57. The topological polar surface area (TPSA) is 41.1 Å². The lowest BCUT2D eigenvalue weighted by Gasteiger charge is -2.48. The van der Waals surface area contributed by atoms with Crippen molar-refractivity contribution < 1.29 is 17.9 Å². The number of H-pyrrole nitrogens is 1. The van der Waals surface area contributed by atoms with Gasteiger partial charge in [-0.3, -0.25) is 5.10 Å². The van der Waals surface area contributed by atoms with E-state index in [1.807, 2.05) is 30.3 Å². The molecule has 2 aromatic rings. The van der Waals surface area contributed by atoms with Crippen LogP contribution in [0.4, 0.5) is 18.9 Å². The molecule has 136 valence electrons. The van der Waals surface area contributed by atoms with Gasteiger partial charge in [0.2, 0.25) is 0 Å². The van der Waals surface area contributed by atoms with Crippen molar-refractivity contribution in [3.05, 3.63) is 48.3 Å². The van der Waals surface area contributed by atoms with E-state index in [0.717, 1.165) is 0 Å². The minimum atomic E-state index is -4.34. The molecule has 25 heavy (non-hydrogen) atoms. The average Bonchev–Trinajstić information content (AvgIpc) is 3.07. The monoisotopic (exact) mass is 353 g/mol. The van der Waals surface area contributed by atoms with Crippen molar-refractivity contribution in [2.45, 2.75) is 44.1 Å². The Balaban J connectivity index is 2.23. The van der Waals surface area contributed by atoms with Crippen LogP contribution in [0.3, 0.4) is 0 Å². The Kier molecular flexibility index (Phi) is 4.77. The molecule has 3 atom stereocenters. The maximum atomic E-state index is 14.0. The third-order valence-corrected chi connectivity index (χ3v) is 5.16. The third kappa shape index (κ3) is 3.13. The number of alkyl halides is 3. The van der Waals surface area contributed by atoms with Gasteiger partial charge in [0.15, 0.2) is 0 Å². The van der Waals surface area contributed by atoms with Gasteiger partial charge in [-0.15, -0.1) is 0 Å². The fraction of sp³-hybridized carbons (Fsp3) is 0.500. The van der Waals surface area contributed by atoms with Gasteiger partial charge in [0.05, 0.1) is 17.2 Å². The summed E-state index contributed by atoms with van der Waals surface area (Å²) in [5, 5.41) is 6.68. The minimum absolute atomic E-state index is 0.0439. The van der Waals surface area contributed by atoms with Crippen molar-refractivity contribution in [3.8, 4) is 0 Å². The summed E-state index contributed by atoms with van der Waals surface area (Å²) in [6.45, 7) is 1.63. The van der Waals surface area contributed by atoms with Crippen LogP contribution in [0.5, 0.6) is 0 Å². The van der Waals surface area contributed by atoms with E-state index in [1.54, 1.807) is 25.0 Å². The Labute approximate surface area is 145 Å². The van der Waals surface area contributed by atoms with Gasteiger partial charge in [-0.1, -0.05) is 18.2 Å². The molecular formula is C18H22F3N3O. The summed E-state index contributed by atoms with van der Waals surface area (Å²) in [5.41, 5.74) is -0.224. The van der Waals surface area contributed by atoms with Crippen LogP contribution in [0, 0.1) is 5.92 Å². The molecule has 3 rings (SSSR count). The van der Waals surface area contributed by atoms with Crippen molar-refractivity contribution in [1.29, 1.82) is 0 Å². The first-order valence-electron chi connectivity index (χ1n) is 8.32. The Hall–Kier alpha value is -2.02. The van der Waals surface area contributed by atoms with Crippen LogP contribution in [0.25, 0.3) is 0 Å². The molecule has 7 heteroatoms. The Morgan fingerprint density at radius 1 is 1.20 bits per heavy atom. The quantitative estimate of drug-likeness (QED) is 0.885. The van der Waals surface area contributed by atoms with Crippen LogP contribution in [-0.2, 0) is 10.3 Å².